The third-order valence-electron chi connectivity index (χ3n) is 5.36. The molecular formula is C21H26N3+. The van der Waals surface area contributed by atoms with E-state index < -0.39 is 0 Å². The molecule has 1 atom stereocenters. The Morgan fingerprint density at radius 1 is 0.958 bits per heavy atom. The van der Waals surface area contributed by atoms with Gasteiger partial charge in [-0.3, -0.25) is 0 Å². The number of nitrogens with one attached hydrogen (secondary N) is 1. The van der Waals surface area contributed by atoms with Crippen molar-refractivity contribution >= 4 is 11.0 Å². The molecule has 24 heavy (non-hydrogen) atoms. The highest BCUT2D eigenvalue weighted by Crippen LogP contribution is 2.21. The molecule has 2 aromatic carbocycles. The molecule has 1 aliphatic rings. The maximum Gasteiger partial charge on any atom is 0.168 e. The van der Waals surface area contributed by atoms with Crippen LogP contribution in [0.25, 0.3) is 11.0 Å². The van der Waals surface area contributed by atoms with Crippen LogP contribution in [0.3, 0.4) is 0 Å². The molecular weight excluding hydrogens is 294 g/mol. The summed E-state index contributed by atoms with van der Waals surface area (Å²) >= 11 is 0. The number of quaternary nitrogens is 1. The van der Waals surface area contributed by atoms with Gasteiger partial charge >= 0.3 is 0 Å². The summed E-state index contributed by atoms with van der Waals surface area (Å²) in [6.07, 6.45) is 4.08. The molecule has 0 saturated carbocycles. The lowest BCUT2D eigenvalue weighted by atomic mass is 10.1. The second-order valence-corrected chi connectivity index (χ2v) is 6.97. The van der Waals surface area contributed by atoms with E-state index in [1.54, 1.807) is 4.90 Å². The molecule has 3 heteroatoms. The number of piperidine rings is 1. The van der Waals surface area contributed by atoms with Gasteiger partial charge in [0.15, 0.2) is 5.82 Å². The summed E-state index contributed by atoms with van der Waals surface area (Å²) in [5.41, 5.74) is 3.70. The molecule has 1 saturated heterocycles. The van der Waals surface area contributed by atoms with Crippen LogP contribution in [0.2, 0.25) is 0 Å². The number of imidazole rings is 1. The zero-order chi connectivity index (χ0) is 16.4. The Hall–Kier alpha value is -2.13. The zero-order valence-electron chi connectivity index (χ0n) is 14.4. The van der Waals surface area contributed by atoms with Gasteiger partial charge in [0.1, 0.15) is 6.04 Å². The lowest BCUT2D eigenvalue weighted by molar-refractivity contribution is -0.935. The van der Waals surface area contributed by atoms with Gasteiger partial charge in [0.25, 0.3) is 0 Å². The molecule has 2 heterocycles. The molecule has 124 valence electrons. The molecule has 0 spiro atoms. The van der Waals surface area contributed by atoms with Crippen molar-refractivity contribution in [1.82, 2.24) is 9.55 Å². The molecule has 4 rings (SSSR count). The molecule has 3 aromatic rings. The van der Waals surface area contributed by atoms with Crippen LogP contribution < -0.4 is 4.90 Å². The van der Waals surface area contributed by atoms with Crippen molar-refractivity contribution in [2.24, 2.45) is 0 Å². The summed E-state index contributed by atoms with van der Waals surface area (Å²) in [6, 6.07) is 19.7. The molecule has 0 unspecified atom stereocenters. The number of nitrogens with zero attached hydrogens (tertiary/aromatic N) is 2. The number of rotatable bonds is 4. The van der Waals surface area contributed by atoms with Gasteiger partial charge in [-0.05, 0) is 43.9 Å². The van der Waals surface area contributed by atoms with E-state index in [4.69, 9.17) is 4.98 Å². The first kappa shape index (κ1) is 15.4. The second kappa shape index (κ2) is 6.78. The lowest BCUT2D eigenvalue weighted by Gasteiger charge is -2.29. The molecule has 0 radical (unpaired) electrons. The van der Waals surface area contributed by atoms with Crippen LogP contribution in [0, 0.1) is 0 Å². The first-order chi connectivity index (χ1) is 11.8. The number of benzene rings is 2. The molecule has 0 bridgehead atoms. The number of para-hydroxylation sites is 2. The molecule has 3 nitrogen and oxygen atoms in total. The van der Waals surface area contributed by atoms with Gasteiger partial charge in [-0.2, -0.15) is 0 Å². The number of fused-ring (bicyclic) bond motifs is 1. The highest BCUT2D eigenvalue weighted by Gasteiger charge is 2.27. The Kier molecular flexibility index (Phi) is 4.35. The molecule has 1 aromatic heterocycles. The Morgan fingerprint density at radius 3 is 2.46 bits per heavy atom. The smallest absolute Gasteiger partial charge is 0.168 e. The predicted molar refractivity (Wildman–Crippen MR) is 98.2 cm³/mol. The molecule has 0 amide bonds. The number of hydrogen-bond acceptors (Lipinski definition) is 1. The standard InChI is InChI=1S/C21H25N3/c1-17(23-14-8-3-9-15-23)21-22-19-12-6-7-13-20(19)24(21)16-18-10-4-2-5-11-18/h2,4-7,10-13,17H,3,8-9,14-16H2,1H3/p+1/t17-/m0/s1. The zero-order valence-corrected chi connectivity index (χ0v) is 14.4. The number of hydrogen-bond donors (Lipinski definition) is 1. The predicted octanol–water partition coefficient (Wildman–Crippen LogP) is 3.21. The molecule has 1 N–H and O–H groups in total. The minimum absolute atomic E-state index is 0.446. The van der Waals surface area contributed by atoms with E-state index in [9.17, 15) is 0 Å². The largest absolute Gasteiger partial charge is 0.326 e. The fourth-order valence-electron chi connectivity index (χ4n) is 3.98. The van der Waals surface area contributed by atoms with Crippen LogP contribution in [0.5, 0.6) is 0 Å². The normalized spacial score (nSPS) is 17.2. The summed E-state index contributed by atoms with van der Waals surface area (Å²) in [6.45, 7) is 5.79. The Labute approximate surface area is 143 Å². The van der Waals surface area contributed by atoms with Gasteiger partial charge in [-0.15, -0.1) is 0 Å². The lowest BCUT2D eigenvalue weighted by Crippen LogP contribution is -3.12. The summed E-state index contributed by atoms with van der Waals surface area (Å²) in [5, 5.41) is 0. The SMILES string of the molecule is C[C@@H](c1nc2ccccc2n1Cc1ccccc1)[NH+]1CCCCC1. The Balaban J connectivity index is 1.74. The van der Waals surface area contributed by atoms with Gasteiger partial charge in [-0.1, -0.05) is 42.5 Å². The fraction of sp³-hybridized carbons (Fsp3) is 0.381. The average Bonchev–Trinajstić information content (AvgIpc) is 3.01. The topological polar surface area (TPSA) is 22.3 Å². The minimum atomic E-state index is 0.446. The molecule has 1 fully saturated rings. The first-order valence-corrected chi connectivity index (χ1v) is 9.16. The fourth-order valence-corrected chi connectivity index (χ4v) is 3.98. The van der Waals surface area contributed by atoms with E-state index in [0.717, 1.165) is 12.1 Å². The van der Waals surface area contributed by atoms with Gasteiger partial charge in [0.05, 0.1) is 24.1 Å². The number of likely N-dealkylation sites (tertiary alicyclic amines) is 1. The van der Waals surface area contributed by atoms with Gasteiger partial charge < -0.3 is 9.47 Å². The first-order valence-electron chi connectivity index (χ1n) is 9.16. The van der Waals surface area contributed by atoms with Crippen molar-refractivity contribution in [3.05, 3.63) is 66.0 Å². The van der Waals surface area contributed by atoms with Crippen LogP contribution in [-0.4, -0.2) is 22.6 Å². The van der Waals surface area contributed by atoms with Crippen LogP contribution in [0.4, 0.5) is 0 Å². The van der Waals surface area contributed by atoms with E-state index >= 15 is 0 Å². The van der Waals surface area contributed by atoms with E-state index in [1.807, 2.05) is 0 Å². The van der Waals surface area contributed by atoms with Crippen LogP contribution >= 0.6 is 0 Å². The van der Waals surface area contributed by atoms with Crippen molar-refractivity contribution in [3.63, 3.8) is 0 Å². The summed E-state index contributed by atoms with van der Waals surface area (Å²) in [7, 11) is 0. The van der Waals surface area contributed by atoms with Crippen molar-refractivity contribution in [2.75, 3.05) is 13.1 Å². The van der Waals surface area contributed by atoms with Gasteiger partial charge in [0, 0.05) is 6.54 Å². The molecule has 0 aliphatic carbocycles. The van der Waals surface area contributed by atoms with E-state index in [0.29, 0.717) is 6.04 Å². The number of aromatic nitrogens is 2. The molecule has 1 aliphatic heterocycles. The second-order valence-electron chi connectivity index (χ2n) is 6.97. The quantitative estimate of drug-likeness (QED) is 0.783. The van der Waals surface area contributed by atoms with Crippen molar-refractivity contribution < 1.29 is 4.90 Å². The summed E-state index contributed by atoms with van der Waals surface area (Å²) in [5.74, 6) is 1.23. The van der Waals surface area contributed by atoms with Crippen molar-refractivity contribution in [1.29, 1.82) is 0 Å². The Bertz CT molecular complexity index is 800. The summed E-state index contributed by atoms with van der Waals surface area (Å²) < 4.78 is 2.43. The van der Waals surface area contributed by atoms with E-state index in [2.05, 4.69) is 66.1 Å². The maximum atomic E-state index is 5.03. The van der Waals surface area contributed by atoms with Crippen LogP contribution in [0.15, 0.2) is 54.6 Å². The maximum absolute atomic E-state index is 5.03. The minimum Gasteiger partial charge on any atom is -0.326 e. The highest BCUT2D eigenvalue weighted by molar-refractivity contribution is 5.76. The van der Waals surface area contributed by atoms with Crippen molar-refractivity contribution in [2.45, 2.75) is 38.8 Å². The van der Waals surface area contributed by atoms with Gasteiger partial charge in [-0.25, -0.2) is 4.98 Å². The summed E-state index contributed by atoms with van der Waals surface area (Å²) in [4.78, 5) is 6.71. The third kappa shape index (κ3) is 2.96. The average molecular weight is 320 g/mol. The Morgan fingerprint density at radius 2 is 1.67 bits per heavy atom. The highest BCUT2D eigenvalue weighted by atomic mass is 15.2. The van der Waals surface area contributed by atoms with Crippen LogP contribution in [0.1, 0.15) is 43.6 Å². The third-order valence-corrected chi connectivity index (χ3v) is 5.36. The monoisotopic (exact) mass is 320 g/mol. The van der Waals surface area contributed by atoms with Gasteiger partial charge in [0.2, 0.25) is 0 Å². The van der Waals surface area contributed by atoms with E-state index in [-0.39, 0.29) is 0 Å². The van der Waals surface area contributed by atoms with Crippen LogP contribution in [-0.2, 0) is 6.54 Å². The van der Waals surface area contributed by atoms with Crippen molar-refractivity contribution in [3.8, 4) is 0 Å². The van der Waals surface area contributed by atoms with E-state index in [1.165, 1.54) is 49.3 Å².